The predicted octanol–water partition coefficient (Wildman–Crippen LogP) is 1.03. The molecule has 3 N–H and O–H groups in total. The first-order valence-corrected chi connectivity index (χ1v) is 8.14. The minimum Gasteiger partial charge on any atom is -0.396 e. The maximum Gasteiger partial charge on any atom is 0.276 e. The Bertz CT molecular complexity index is 944. The van der Waals surface area contributed by atoms with Gasteiger partial charge in [0.15, 0.2) is 5.65 Å². The second-order valence-corrected chi connectivity index (χ2v) is 5.82. The van der Waals surface area contributed by atoms with E-state index in [4.69, 9.17) is 5.11 Å². The lowest BCUT2D eigenvalue weighted by Crippen LogP contribution is -2.26. The number of aromatic amines is 1. The van der Waals surface area contributed by atoms with E-state index in [1.807, 2.05) is 30.3 Å². The lowest BCUT2D eigenvalue weighted by molar-refractivity contribution is 0.0952. The first kappa shape index (κ1) is 16.9. The minimum atomic E-state index is -0.325. The van der Waals surface area contributed by atoms with Crippen LogP contribution in [0.5, 0.6) is 0 Å². The molecule has 2 aromatic heterocycles. The number of aromatic nitrogens is 3. The van der Waals surface area contributed by atoms with Crippen LogP contribution in [0.4, 0.5) is 0 Å². The summed E-state index contributed by atoms with van der Waals surface area (Å²) in [7, 11) is 0. The standard InChI is InChI=1S/C18H20N4O3/c1-12-14(10-13-6-3-2-4-7-13)18(25)22-16(21-12)15(11-20-22)17(24)19-8-5-9-23/h2-4,6-7,11,20,23H,5,8-10H2,1H3,(H,19,24). The maximum atomic E-state index is 12.8. The molecular weight excluding hydrogens is 320 g/mol. The van der Waals surface area contributed by atoms with Crippen LogP contribution in [-0.4, -0.2) is 38.8 Å². The number of carbonyl (C=O) groups excluding carboxylic acids is 1. The van der Waals surface area contributed by atoms with Gasteiger partial charge in [0.05, 0.1) is 0 Å². The number of hydrogen-bond donors (Lipinski definition) is 3. The van der Waals surface area contributed by atoms with Gasteiger partial charge in [0, 0.05) is 37.0 Å². The van der Waals surface area contributed by atoms with Gasteiger partial charge >= 0.3 is 0 Å². The number of aliphatic hydroxyl groups is 1. The van der Waals surface area contributed by atoms with Crippen molar-refractivity contribution < 1.29 is 9.90 Å². The molecule has 3 rings (SSSR count). The highest BCUT2D eigenvalue weighted by Crippen LogP contribution is 2.12. The molecule has 0 aliphatic carbocycles. The molecule has 0 atom stereocenters. The van der Waals surface area contributed by atoms with E-state index in [2.05, 4.69) is 15.4 Å². The molecule has 0 fully saturated rings. The molecule has 0 saturated carbocycles. The molecule has 3 aromatic rings. The molecule has 0 saturated heterocycles. The van der Waals surface area contributed by atoms with Crippen LogP contribution < -0.4 is 10.9 Å². The van der Waals surface area contributed by atoms with Crippen molar-refractivity contribution in [2.45, 2.75) is 19.8 Å². The van der Waals surface area contributed by atoms with E-state index in [9.17, 15) is 9.59 Å². The fourth-order valence-corrected chi connectivity index (χ4v) is 2.70. The molecule has 0 radical (unpaired) electrons. The zero-order valence-electron chi connectivity index (χ0n) is 14.0. The lowest BCUT2D eigenvalue weighted by atomic mass is 10.1. The molecule has 7 heteroatoms. The number of benzene rings is 1. The van der Waals surface area contributed by atoms with Crippen molar-refractivity contribution in [2.75, 3.05) is 13.2 Å². The number of hydrogen-bond acceptors (Lipinski definition) is 4. The summed E-state index contributed by atoms with van der Waals surface area (Å²) in [5.41, 5.74) is 2.64. The molecule has 130 valence electrons. The molecule has 0 spiro atoms. The summed E-state index contributed by atoms with van der Waals surface area (Å²) in [6.45, 7) is 2.15. The third kappa shape index (κ3) is 3.46. The fraction of sp³-hybridized carbons (Fsp3) is 0.278. The van der Waals surface area contributed by atoms with Crippen LogP contribution in [0, 0.1) is 6.92 Å². The van der Waals surface area contributed by atoms with Gasteiger partial charge in [0.25, 0.3) is 11.5 Å². The Morgan fingerprint density at radius 3 is 2.80 bits per heavy atom. The Balaban J connectivity index is 1.96. The summed E-state index contributed by atoms with van der Waals surface area (Å²) in [5, 5.41) is 14.3. The quantitative estimate of drug-likeness (QED) is 0.584. The summed E-state index contributed by atoms with van der Waals surface area (Å²) < 4.78 is 1.30. The molecule has 25 heavy (non-hydrogen) atoms. The molecule has 0 bridgehead atoms. The van der Waals surface area contributed by atoms with Gasteiger partial charge in [0.1, 0.15) is 5.56 Å². The summed E-state index contributed by atoms with van der Waals surface area (Å²) in [5.74, 6) is -0.325. The molecule has 2 heterocycles. The van der Waals surface area contributed by atoms with Crippen LogP contribution in [0.15, 0.2) is 41.3 Å². The maximum absolute atomic E-state index is 12.8. The van der Waals surface area contributed by atoms with Crippen LogP contribution in [-0.2, 0) is 6.42 Å². The number of amides is 1. The van der Waals surface area contributed by atoms with Crippen molar-refractivity contribution in [2.24, 2.45) is 0 Å². The molecule has 0 aliphatic heterocycles. The van der Waals surface area contributed by atoms with Gasteiger partial charge in [-0.05, 0) is 18.9 Å². The highest BCUT2D eigenvalue weighted by molar-refractivity contribution is 5.99. The van der Waals surface area contributed by atoms with Crippen LogP contribution in [0.1, 0.15) is 33.6 Å². The topological polar surface area (TPSA) is 99.5 Å². The average molecular weight is 340 g/mol. The third-order valence-corrected chi connectivity index (χ3v) is 4.05. The van der Waals surface area contributed by atoms with E-state index in [1.54, 1.807) is 6.92 Å². The van der Waals surface area contributed by atoms with E-state index in [1.165, 1.54) is 10.7 Å². The highest BCUT2D eigenvalue weighted by Gasteiger charge is 2.18. The first-order valence-electron chi connectivity index (χ1n) is 8.14. The van der Waals surface area contributed by atoms with Crippen molar-refractivity contribution in [1.82, 2.24) is 19.9 Å². The molecular formula is C18H20N4O3. The summed E-state index contributed by atoms with van der Waals surface area (Å²) in [6.07, 6.45) is 2.43. The zero-order valence-corrected chi connectivity index (χ0v) is 14.0. The number of aliphatic hydroxyl groups excluding tert-OH is 1. The van der Waals surface area contributed by atoms with Crippen LogP contribution >= 0.6 is 0 Å². The normalized spacial score (nSPS) is 11.0. The number of nitrogens with one attached hydrogen (secondary N) is 2. The van der Waals surface area contributed by atoms with Crippen molar-refractivity contribution in [3.63, 3.8) is 0 Å². The monoisotopic (exact) mass is 340 g/mol. The number of carbonyl (C=O) groups is 1. The fourth-order valence-electron chi connectivity index (χ4n) is 2.70. The molecule has 1 aromatic carbocycles. The van der Waals surface area contributed by atoms with E-state index in [0.29, 0.717) is 41.9 Å². The van der Waals surface area contributed by atoms with E-state index in [0.717, 1.165) is 5.56 Å². The zero-order chi connectivity index (χ0) is 17.8. The van der Waals surface area contributed by atoms with Gasteiger partial charge in [-0.2, -0.15) is 0 Å². The Hall–Kier alpha value is -2.93. The molecule has 0 unspecified atom stereocenters. The van der Waals surface area contributed by atoms with Crippen molar-refractivity contribution in [3.05, 3.63) is 69.3 Å². The van der Waals surface area contributed by atoms with Crippen molar-refractivity contribution in [1.29, 1.82) is 0 Å². The number of H-pyrrole nitrogens is 1. The van der Waals surface area contributed by atoms with Gasteiger partial charge in [0.2, 0.25) is 0 Å². The number of aryl methyl sites for hydroxylation is 1. The van der Waals surface area contributed by atoms with Crippen LogP contribution in [0.2, 0.25) is 0 Å². The second-order valence-electron chi connectivity index (χ2n) is 5.82. The average Bonchev–Trinajstić information content (AvgIpc) is 3.03. The molecule has 7 nitrogen and oxygen atoms in total. The van der Waals surface area contributed by atoms with Crippen LogP contribution in [0.25, 0.3) is 5.65 Å². The molecule has 1 amide bonds. The van der Waals surface area contributed by atoms with E-state index < -0.39 is 0 Å². The number of nitrogens with zero attached hydrogens (tertiary/aromatic N) is 2. The second kappa shape index (κ2) is 7.31. The van der Waals surface area contributed by atoms with Gasteiger partial charge in [-0.3, -0.25) is 14.7 Å². The number of fused-ring (bicyclic) bond motifs is 1. The minimum absolute atomic E-state index is 0.00776. The highest BCUT2D eigenvalue weighted by atomic mass is 16.3. The lowest BCUT2D eigenvalue weighted by Gasteiger charge is -2.07. The SMILES string of the molecule is Cc1nc2c(C(=O)NCCCO)c[nH]n2c(=O)c1Cc1ccccc1. The number of rotatable bonds is 6. The first-order chi connectivity index (χ1) is 12.1. The summed E-state index contributed by atoms with van der Waals surface area (Å²) >= 11 is 0. The predicted molar refractivity (Wildman–Crippen MR) is 93.8 cm³/mol. The van der Waals surface area contributed by atoms with E-state index in [-0.39, 0.29) is 18.1 Å². The largest absolute Gasteiger partial charge is 0.396 e. The van der Waals surface area contributed by atoms with Crippen molar-refractivity contribution in [3.8, 4) is 0 Å². The Morgan fingerprint density at radius 2 is 2.08 bits per heavy atom. The van der Waals surface area contributed by atoms with Gasteiger partial charge in [-0.25, -0.2) is 9.50 Å². The van der Waals surface area contributed by atoms with Crippen molar-refractivity contribution >= 4 is 11.6 Å². The molecule has 0 aliphatic rings. The van der Waals surface area contributed by atoms with E-state index >= 15 is 0 Å². The summed E-state index contributed by atoms with van der Waals surface area (Å²) in [6, 6.07) is 9.71. The van der Waals surface area contributed by atoms with Gasteiger partial charge < -0.3 is 10.4 Å². The van der Waals surface area contributed by atoms with Gasteiger partial charge in [-0.1, -0.05) is 30.3 Å². The summed E-state index contributed by atoms with van der Waals surface area (Å²) in [4.78, 5) is 29.5. The third-order valence-electron chi connectivity index (χ3n) is 4.05. The Morgan fingerprint density at radius 1 is 1.32 bits per heavy atom. The Kier molecular flexibility index (Phi) is 4.95. The van der Waals surface area contributed by atoms with Crippen LogP contribution in [0.3, 0.4) is 0 Å². The van der Waals surface area contributed by atoms with Gasteiger partial charge in [-0.15, -0.1) is 0 Å². The Labute approximate surface area is 144 Å². The smallest absolute Gasteiger partial charge is 0.276 e.